The quantitative estimate of drug-likeness (QED) is 0.803. The van der Waals surface area contributed by atoms with Crippen LogP contribution in [-0.2, 0) is 14.1 Å². The van der Waals surface area contributed by atoms with Gasteiger partial charge in [0.2, 0.25) is 0 Å². The number of nitrogens with zero attached hydrogens (tertiary/aromatic N) is 3. The van der Waals surface area contributed by atoms with E-state index in [-0.39, 0.29) is 11.6 Å². The first-order valence-corrected chi connectivity index (χ1v) is 7.62. The Morgan fingerprint density at radius 2 is 1.58 bits per heavy atom. The smallest absolute Gasteiger partial charge is 0.328 e. The van der Waals surface area contributed by atoms with Crippen molar-refractivity contribution >= 4 is 28.3 Å². The summed E-state index contributed by atoms with van der Waals surface area (Å²) in [6.07, 6.45) is 0. The maximum absolute atomic E-state index is 12.4. The molecule has 0 aliphatic carbocycles. The molecule has 0 unspecified atom stereocenters. The van der Waals surface area contributed by atoms with Crippen LogP contribution in [-0.4, -0.2) is 29.1 Å². The highest BCUT2D eigenvalue weighted by atomic mass is 16.2. The van der Waals surface area contributed by atoms with Gasteiger partial charge in [0, 0.05) is 45.1 Å². The molecule has 0 saturated carbocycles. The first kappa shape index (κ1) is 15.9. The molecule has 1 N–H and O–H groups in total. The molecule has 0 saturated heterocycles. The number of rotatable bonds is 3. The number of nitrogens with one attached hydrogen (secondary N) is 1. The fourth-order valence-corrected chi connectivity index (χ4v) is 2.70. The van der Waals surface area contributed by atoms with Crippen LogP contribution in [0.1, 0.15) is 10.4 Å². The molecule has 6 heteroatoms. The molecule has 24 heavy (non-hydrogen) atoms. The minimum absolute atomic E-state index is 0.0900. The number of benzene rings is 2. The van der Waals surface area contributed by atoms with Gasteiger partial charge in [0.05, 0.1) is 11.0 Å². The Bertz CT molecular complexity index is 965. The van der Waals surface area contributed by atoms with E-state index in [4.69, 9.17) is 0 Å². The lowest BCUT2D eigenvalue weighted by Gasteiger charge is -2.12. The van der Waals surface area contributed by atoms with Crippen LogP contribution in [0.4, 0.5) is 11.4 Å². The molecule has 124 valence electrons. The molecule has 1 heterocycles. The molecule has 0 radical (unpaired) electrons. The zero-order chi connectivity index (χ0) is 17.4. The van der Waals surface area contributed by atoms with E-state index in [1.165, 1.54) is 0 Å². The van der Waals surface area contributed by atoms with Gasteiger partial charge in [0.15, 0.2) is 0 Å². The van der Waals surface area contributed by atoms with Gasteiger partial charge in [-0.2, -0.15) is 0 Å². The fourth-order valence-electron chi connectivity index (χ4n) is 2.70. The third kappa shape index (κ3) is 2.67. The molecule has 0 aliphatic rings. The Hall–Kier alpha value is -3.02. The summed E-state index contributed by atoms with van der Waals surface area (Å²) in [5.41, 5.74) is 3.80. The van der Waals surface area contributed by atoms with Crippen LogP contribution in [0.5, 0.6) is 0 Å². The van der Waals surface area contributed by atoms with Gasteiger partial charge in [-0.25, -0.2) is 4.79 Å². The molecule has 0 spiro atoms. The predicted molar refractivity (Wildman–Crippen MR) is 96.9 cm³/mol. The minimum atomic E-state index is -0.180. The Labute approximate surface area is 139 Å². The standard InChI is InChI=1S/C18H20N4O2/c1-20(2)14-8-5-12(6-9-14)17(23)19-13-7-10-15-16(11-13)22(4)18(24)21(15)3/h5-11H,1-4H3,(H,19,23). The number of amides is 1. The van der Waals surface area contributed by atoms with Crippen molar-refractivity contribution in [3.63, 3.8) is 0 Å². The van der Waals surface area contributed by atoms with Crippen molar-refractivity contribution in [2.45, 2.75) is 0 Å². The predicted octanol–water partition coefficient (Wildman–Crippen LogP) is 2.20. The molecule has 2 aromatic carbocycles. The molecule has 3 rings (SSSR count). The number of hydrogen-bond acceptors (Lipinski definition) is 3. The van der Waals surface area contributed by atoms with E-state index in [0.29, 0.717) is 11.3 Å². The molecule has 0 atom stereocenters. The van der Waals surface area contributed by atoms with Crippen LogP contribution in [0.25, 0.3) is 11.0 Å². The highest BCUT2D eigenvalue weighted by molar-refractivity contribution is 6.05. The van der Waals surface area contributed by atoms with E-state index in [9.17, 15) is 9.59 Å². The molecule has 6 nitrogen and oxygen atoms in total. The van der Waals surface area contributed by atoms with Gasteiger partial charge >= 0.3 is 5.69 Å². The third-order valence-corrected chi connectivity index (χ3v) is 4.18. The molecule has 0 fully saturated rings. The average Bonchev–Trinajstić information content (AvgIpc) is 2.79. The summed E-state index contributed by atoms with van der Waals surface area (Å²) in [7, 11) is 7.36. The summed E-state index contributed by atoms with van der Waals surface area (Å²) in [5.74, 6) is -0.180. The van der Waals surface area contributed by atoms with Gasteiger partial charge in [-0.3, -0.25) is 13.9 Å². The Kier molecular flexibility index (Phi) is 3.89. The van der Waals surface area contributed by atoms with Gasteiger partial charge in [0.1, 0.15) is 0 Å². The van der Waals surface area contributed by atoms with Crippen molar-refractivity contribution < 1.29 is 4.79 Å². The Balaban J connectivity index is 1.87. The van der Waals surface area contributed by atoms with Gasteiger partial charge < -0.3 is 10.2 Å². The van der Waals surface area contributed by atoms with Crippen LogP contribution in [0.2, 0.25) is 0 Å². The molecule has 0 bridgehead atoms. The SMILES string of the molecule is CN(C)c1ccc(C(=O)Nc2ccc3c(c2)n(C)c(=O)n3C)cc1. The Morgan fingerprint density at radius 3 is 2.21 bits per heavy atom. The molecule has 1 amide bonds. The van der Waals surface area contributed by atoms with Crippen LogP contribution in [0, 0.1) is 0 Å². The number of aryl methyl sites for hydroxylation is 2. The lowest BCUT2D eigenvalue weighted by Crippen LogP contribution is -2.19. The first-order valence-electron chi connectivity index (χ1n) is 7.62. The van der Waals surface area contributed by atoms with Crippen LogP contribution >= 0.6 is 0 Å². The van der Waals surface area contributed by atoms with Crippen LogP contribution in [0.3, 0.4) is 0 Å². The van der Waals surface area contributed by atoms with Gasteiger partial charge in [-0.1, -0.05) is 0 Å². The number of carbonyl (C=O) groups excluding carboxylic acids is 1. The van der Waals surface area contributed by atoms with Gasteiger partial charge in [-0.05, 0) is 42.5 Å². The summed E-state index contributed by atoms with van der Waals surface area (Å²) >= 11 is 0. The van der Waals surface area contributed by atoms with Crippen molar-refractivity contribution in [1.29, 1.82) is 0 Å². The summed E-state index contributed by atoms with van der Waals surface area (Å²) in [6, 6.07) is 12.8. The molecule has 0 aliphatic heterocycles. The summed E-state index contributed by atoms with van der Waals surface area (Å²) < 4.78 is 3.15. The second-order valence-electron chi connectivity index (χ2n) is 6.00. The summed E-state index contributed by atoms with van der Waals surface area (Å²) in [6.45, 7) is 0. The molecule has 1 aromatic heterocycles. The minimum Gasteiger partial charge on any atom is -0.378 e. The molecular weight excluding hydrogens is 304 g/mol. The van der Waals surface area contributed by atoms with Crippen molar-refractivity contribution in [2.75, 3.05) is 24.3 Å². The number of carbonyl (C=O) groups is 1. The monoisotopic (exact) mass is 324 g/mol. The van der Waals surface area contributed by atoms with E-state index in [1.54, 1.807) is 41.4 Å². The zero-order valence-corrected chi connectivity index (χ0v) is 14.2. The lowest BCUT2D eigenvalue weighted by molar-refractivity contribution is 0.102. The summed E-state index contributed by atoms with van der Waals surface area (Å²) in [4.78, 5) is 26.3. The lowest BCUT2D eigenvalue weighted by atomic mass is 10.2. The third-order valence-electron chi connectivity index (χ3n) is 4.18. The van der Waals surface area contributed by atoms with Crippen molar-refractivity contribution in [3.8, 4) is 0 Å². The normalized spacial score (nSPS) is 10.8. The number of fused-ring (bicyclic) bond motifs is 1. The topological polar surface area (TPSA) is 59.3 Å². The molecular formula is C18H20N4O2. The van der Waals surface area contributed by atoms with E-state index < -0.39 is 0 Å². The van der Waals surface area contributed by atoms with E-state index in [2.05, 4.69) is 5.32 Å². The van der Waals surface area contributed by atoms with Crippen molar-refractivity contribution in [2.24, 2.45) is 14.1 Å². The van der Waals surface area contributed by atoms with E-state index in [0.717, 1.165) is 16.7 Å². The van der Waals surface area contributed by atoms with Crippen LogP contribution in [0.15, 0.2) is 47.3 Å². The van der Waals surface area contributed by atoms with Gasteiger partial charge in [0.25, 0.3) is 5.91 Å². The maximum Gasteiger partial charge on any atom is 0.328 e. The van der Waals surface area contributed by atoms with Gasteiger partial charge in [-0.15, -0.1) is 0 Å². The van der Waals surface area contributed by atoms with E-state index in [1.807, 2.05) is 43.3 Å². The highest BCUT2D eigenvalue weighted by Crippen LogP contribution is 2.19. The molecule has 3 aromatic rings. The summed E-state index contributed by atoms with van der Waals surface area (Å²) in [5, 5.41) is 2.88. The van der Waals surface area contributed by atoms with Crippen molar-refractivity contribution in [3.05, 3.63) is 58.5 Å². The number of hydrogen-bond donors (Lipinski definition) is 1. The second kappa shape index (κ2) is 5.88. The van der Waals surface area contributed by atoms with Crippen LogP contribution < -0.4 is 15.9 Å². The van der Waals surface area contributed by atoms with E-state index >= 15 is 0 Å². The Morgan fingerprint density at radius 1 is 0.958 bits per heavy atom. The average molecular weight is 324 g/mol. The number of anilines is 2. The largest absolute Gasteiger partial charge is 0.378 e. The first-order chi connectivity index (χ1) is 11.4. The number of imidazole rings is 1. The fraction of sp³-hybridized carbons (Fsp3) is 0.222. The zero-order valence-electron chi connectivity index (χ0n) is 14.2. The maximum atomic E-state index is 12.4. The highest BCUT2D eigenvalue weighted by Gasteiger charge is 2.11. The number of aromatic nitrogens is 2. The second-order valence-corrected chi connectivity index (χ2v) is 6.00. The van der Waals surface area contributed by atoms with Crippen molar-refractivity contribution in [1.82, 2.24) is 9.13 Å².